The zero-order valence-electron chi connectivity index (χ0n) is 14.9. The first-order chi connectivity index (χ1) is 13.6. The van der Waals surface area contributed by atoms with Gasteiger partial charge in [0.25, 0.3) is 5.91 Å². The van der Waals surface area contributed by atoms with Crippen molar-refractivity contribution in [1.29, 1.82) is 0 Å². The molecule has 4 rings (SSSR count). The van der Waals surface area contributed by atoms with Crippen LogP contribution in [0.15, 0.2) is 77.6 Å². The number of pyridine rings is 1. The van der Waals surface area contributed by atoms with E-state index in [1.54, 1.807) is 66.3 Å². The van der Waals surface area contributed by atoms with Crippen LogP contribution in [0.3, 0.4) is 0 Å². The fourth-order valence-corrected chi connectivity index (χ4v) is 3.94. The van der Waals surface area contributed by atoms with Gasteiger partial charge in [-0.15, -0.1) is 11.3 Å². The molecule has 0 saturated carbocycles. The van der Waals surface area contributed by atoms with E-state index in [0.29, 0.717) is 21.9 Å². The minimum Gasteiger partial charge on any atom is -0.503 e. The molecule has 0 bridgehead atoms. The molecule has 0 aliphatic carbocycles. The molecule has 0 saturated heterocycles. The number of carbonyl (C=O) groups is 2. The van der Waals surface area contributed by atoms with E-state index in [4.69, 9.17) is 4.74 Å². The van der Waals surface area contributed by atoms with Crippen molar-refractivity contribution >= 4 is 28.7 Å². The molecule has 1 amide bonds. The molecule has 0 fully saturated rings. The Bertz CT molecular complexity index is 1060. The molecule has 1 aliphatic heterocycles. The van der Waals surface area contributed by atoms with Crippen molar-refractivity contribution < 1.29 is 19.4 Å². The summed E-state index contributed by atoms with van der Waals surface area (Å²) in [6.07, 6.45) is 3.18. The summed E-state index contributed by atoms with van der Waals surface area (Å²) in [6.45, 7) is 0. The normalized spacial score (nSPS) is 16.5. The summed E-state index contributed by atoms with van der Waals surface area (Å²) in [5, 5.41) is 12.4. The number of carbonyl (C=O) groups excluding carboxylic acids is 2. The maximum atomic E-state index is 13.1. The van der Waals surface area contributed by atoms with Gasteiger partial charge in [0.15, 0.2) is 5.76 Å². The molecule has 1 aliphatic rings. The third kappa shape index (κ3) is 2.95. The van der Waals surface area contributed by atoms with Crippen LogP contribution in [0.4, 0.5) is 5.69 Å². The summed E-state index contributed by atoms with van der Waals surface area (Å²) in [5.41, 5.74) is 1.25. The molecule has 1 atom stereocenters. The minimum atomic E-state index is -0.766. The van der Waals surface area contributed by atoms with Crippen molar-refractivity contribution in [3.05, 3.63) is 88.1 Å². The minimum absolute atomic E-state index is 0.0569. The van der Waals surface area contributed by atoms with Crippen molar-refractivity contribution in [3.63, 3.8) is 0 Å². The summed E-state index contributed by atoms with van der Waals surface area (Å²) in [5.74, 6) is -0.970. The lowest BCUT2D eigenvalue weighted by Crippen LogP contribution is -2.31. The van der Waals surface area contributed by atoms with Crippen LogP contribution in [0.1, 0.15) is 21.3 Å². The number of aliphatic hydroxyl groups is 1. The largest absolute Gasteiger partial charge is 0.503 e. The quantitative estimate of drug-likeness (QED) is 0.666. The van der Waals surface area contributed by atoms with Gasteiger partial charge in [-0.25, -0.2) is 0 Å². The average molecular weight is 392 g/mol. The molecule has 2 aromatic heterocycles. The summed E-state index contributed by atoms with van der Waals surface area (Å²) in [7, 11) is 1.53. The molecule has 0 radical (unpaired) electrons. The Hall–Kier alpha value is -3.45. The van der Waals surface area contributed by atoms with E-state index in [-0.39, 0.29) is 11.4 Å². The van der Waals surface area contributed by atoms with Gasteiger partial charge in [-0.1, -0.05) is 12.1 Å². The Kier molecular flexibility index (Phi) is 4.67. The van der Waals surface area contributed by atoms with E-state index in [2.05, 4.69) is 4.98 Å². The van der Waals surface area contributed by atoms with Crippen molar-refractivity contribution in [2.45, 2.75) is 6.04 Å². The third-order valence-corrected chi connectivity index (χ3v) is 5.42. The number of amides is 1. The molecule has 3 heterocycles. The number of thiophene rings is 1. The molecule has 1 N–H and O–H groups in total. The van der Waals surface area contributed by atoms with Crippen LogP contribution in [-0.4, -0.2) is 28.9 Å². The zero-order valence-corrected chi connectivity index (χ0v) is 15.7. The number of ketones is 1. The summed E-state index contributed by atoms with van der Waals surface area (Å²) in [4.78, 5) is 32.0. The standard InChI is InChI=1S/C21H16N2O4S/c1-27-15-5-2-4-14(12-15)23-18(13-7-9-22-10-8-13)17(20(25)21(23)26)19(24)16-6-3-11-28-16/h2-12,18,25H,1H3. The number of nitrogens with zero attached hydrogens (tertiary/aromatic N) is 2. The number of anilines is 1. The smallest absolute Gasteiger partial charge is 0.294 e. The van der Waals surface area contributed by atoms with Crippen LogP contribution in [-0.2, 0) is 4.79 Å². The van der Waals surface area contributed by atoms with Gasteiger partial charge >= 0.3 is 0 Å². The van der Waals surface area contributed by atoms with E-state index in [1.165, 1.54) is 23.3 Å². The highest BCUT2D eigenvalue weighted by Gasteiger charge is 2.44. The molecule has 28 heavy (non-hydrogen) atoms. The Morgan fingerprint density at radius 3 is 2.64 bits per heavy atom. The lowest BCUT2D eigenvalue weighted by atomic mass is 9.96. The van der Waals surface area contributed by atoms with Gasteiger partial charge in [0.1, 0.15) is 5.75 Å². The molecule has 1 aromatic carbocycles. The molecule has 6 nitrogen and oxygen atoms in total. The average Bonchev–Trinajstić information content (AvgIpc) is 3.36. The number of hydrogen-bond acceptors (Lipinski definition) is 6. The number of rotatable bonds is 5. The second-order valence-corrected chi connectivity index (χ2v) is 7.08. The molecular formula is C21H16N2O4S. The molecule has 3 aromatic rings. The summed E-state index contributed by atoms with van der Waals surface area (Å²) >= 11 is 1.26. The highest BCUT2D eigenvalue weighted by molar-refractivity contribution is 7.12. The maximum absolute atomic E-state index is 13.1. The van der Waals surface area contributed by atoms with E-state index in [0.717, 1.165) is 0 Å². The number of benzene rings is 1. The van der Waals surface area contributed by atoms with E-state index in [9.17, 15) is 14.7 Å². The fourth-order valence-electron chi connectivity index (χ4n) is 3.27. The molecular weight excluding hydrogens is 376 g/mol. The number of hydrogen-bond donors (Lipinski definition) is 1. The van der Waals surface area contributed by atoms with Crippen molar-refractivity contribution in [2.24, 2.45) is 0 Å². The summed E-state index contributed by atoms with van der Waals surface area (Å²) < 4.78 is 5.26. The van der Waals surface area contributed by atoms with E-state index >= 15 is 0 Å². The van der Waals surface area contributed by atoms with E-state index in [1.807, 2.05) is 0 Å². The highest BCUT2D eigenvalue weighted by Crippen LogP contribution is 2.42. The predicted molar refractivity (Wildman–Crippen MR) is 106 cm³/mol. The highest BCUT2D eigenvalue weighted by atomic mass is 32.1. The van der Waals surface area contributed by atoms with Gasteiger partial charge < -0.3 is 9.84 Å². The van der Waals surface area contributed by atoms with Crippen molar-refractivity contribution in [3.8, 4) is 5.75 Å². The van der Waals surface area contributed by atoms with Gasteiger partial charge in [0.2, 0.25) is 5.78 Å². The van der Waals surface area contributed by atoms with Gasteiger partial charge in [0.05, 0.1) is 23.6 Å². The van der Waals surface area contributed by atoms with Crippen molar-refractivity contribution in [1.82, 2.24) is 4.98 Å². The van der Waals surface area contributed by atoms with Gasteiger partial charge in [-0.2, -0.15) is 0 Å². The van der Waals surface area contributed by atoms with Gasteiger partial charge in [-0.05, 0) is 41.3 Å². The third-order valence-electron chi connectivity index (χ3n) is 4.55. The SMILES string of the molecule is COc1cccc(N2C(=O)C(O)=C(C(=O)c3cccs3)C2c2ccncc2)c1. The van der Waals surface area contributed by atoms with Crippen LogP contribution in [0.2, 0.25) is 0 Å². The van der Waals surface area contributed by atoms with E-state index < -0.39 is 17.7 Å². The number of methoxy groups -OCH3 is 1. The first-order valence-corrected chi connectivity index (χ1v) is 9.38. The van der Waals surface area contributed by atoms with Gasteiger partial charge in [-0.3, -0.25) is 19.5 Å². The number of aliphatic hydroxyl groups excluding tert-OH is 1. The second kappa shape index (κ2) is 7.28. The fraction of sp³-hybridized carbons (Fsp3) is 0.0952. The van der Waals surface area contributed by atoms with Crippen LogP contribution in [0.5, 0.6) is 5.75 Å². The Morgan fingerprint density at radius 2 is 1.96 bits per heavy atom. The zero-order chi connectivity index (χ0) is 19.7. The predicted octanol–water partition coefficient (Wildman–Crippen LogP) is 3.93. The number of ether oxygens (including phenoxy) is 1. The molecule has 140 valence electrons. The number of aromatic nitrogens is 1. The Balaban J connectivity index is 1.88. The van der Waals surface area contributed by atoms with Gasteiger partial charge in [0, 0.05) is 24.1 Å². The number of Topliss-reactive ketones (excluding diaryl/α,β-unsaturated/α-hetero) is 1. The molecule has 0 spiro atoms. The second-order valence-electron chi connectivity index (χ2n) is 6.13. The monoisotopic (exact) mass is 392 g/mol. The first-order valence-electron chi connectivity index (χ1n) is 8.50. The topological polar surface area (TPSA) is 79.7 Å². The maximum Gasteiger partial charge on any atom is 0.294 e. The van der Waals surface area contributed by atoms with Crippen LogP contribution in [0, 0.1) is 0 Å². The van der Waals surface area contributed by atoms with Crippen molar-refractivity contribution in [2.75, 3.05) is 12.0 Å². The van der Waals surface area contributed by atoms with Crippen LogP contribution < -0.4 is 9.64 Å². The Labute approximate surface area is 165 Å². The Morgan fingerprint density at radius 1 is 1.18 bits per heavy atom. The lowest BCUT2D eigenvalue weighted by molar-refractivity contribution is -0.117. The van der Waals surface area contributed by atoms with Crippen LogP contribution in [0.25, 0.3) is 0 Å². The first kappa shape index (κ1) is 17.9. The summed E-state index contributed by atoms with van der Waals surface area (Å²) in [6, 6.07) is 13.1. The molecule has 1 unspecified atom stereocenters. The lowest BCUT2D eigenvalue weighted by Gasteiger charge is -2.27. The molecule has 7 heteroatoms. The van der Waals surface area contributed by atoms with Crippen LogP contribution >= 0.6 is 11.3 Å².